The van der Waals surface area contributed by atoms with Crippen LogP contribution in [0.25, 0.3) is 10.8 Å². The topological polar surface area (TPSA) is 90.6 Å². The van der Waals surface area contributed by atoms with E-state index in [1.54, 1.807) is 12.1 Å². The summed E-state index contributed by atoms with van der Waals surface area (Å²) in [4.78, 5) is 24.1. The Morgan fingerprint density at radius 2 is 1.82 bits per heavy atom. The van der Waals surface area contributed by atoms with Gasteiger partial charge in [0.05, 0.1) is 13.7 Å². The van der Waals surface area contributed by atoms with Gasteiger partial charge in [-0.2, -0.15) is 0 Å². The van der Waals surface area contributed by atoms with Gasteiger partial charge in [0.1, 0.15) is 0 Å². The molecule has 0 aliphatic carbocycles. The fraction of sp³-hybridized carbons (Fsp3) is 0.250. The lowest BCUT2D eigenvalue weighted by Crippen LogP contribution is -2.44. The highest BCUT2D eigenvalue weighted by molar-refractivity contribution is 6.10. The second kappa shape index (κ2) is 6.91. The number of benzene rings is 2. The Balaban J connectivity index is 2.33. The van der Waals surface area contributed by atoms with Gasteiger partial charge >= 0.3 is 5.97 Å². The Bertz CT molecular complexity index is 700. The molecule has 0 radical (unpaired) electrons. The van der Waals surface area contributed by atoms with Gasteiger partial charge in [-0.05, 0) is 17.5 Å². The van der Waals surface area contributed by atoms with Gasteiger partial charge in [-0.1, -0.05) is 24.3 Å². The average molecular weight is 302 g/mol. The zero-order chi connectivity index (χ0) is 16.1. The van der Waals surface area contributed by atoms with Crippen molar-refractivity contribution in [3.05, 3.63) is 42.0 Å². The molecule has 1 amide bonds. The van der Waals surface area contributed by atoms with Gasteiger partial charge in [-0.3, -0.25) is 4.79 Å². The number of hydrogen-bond acceptors (Lipinski definition) is 5. The SMILES string of the molecule is COCC(NC(=O)c1ccc(N)c2ccccc12)C(=O)OC. The van der Waals surface area contributed by atoms with Crippen LogP contribution in [0.1, 0.15) is 10.4 Å². The van der Waals surface area contributed by atoms with Gasteiger partial charge < -0.3 is 20.5 Å². The predicted molar refractivity (Wildman–Crippen MR) is 83.5 cm³/mol. The minimum atomic E-state index is -0.862. The summed E-state index contributed by atoms with van der Waals surface area (Å²) in [5.74, 6) is -0.946. The molecule has 116 valence electrons. The van der Waals surface area contributed by atoms with E-state index >= 15 is 0 Å². The summed E-state index contributed by atoms with van der Waals surface area (Å²) in [5.41, 5.74) is 6.95. The lowest BCUT2D eigenvalue weighted by molar-refractivity contribution is -0.144. The molecule has 0 aromatic heterocycles. The predicted octanol–water partition coefficient (Wildman–Crippen LogP) is 1.34. The molecule has 0 spiro atoms. The van der Waals surface area contributed by atoms with E-state index in [1.807, 2.05) is 24.3 Å². The van der Waals surface area contributed by atoms with Crippen LogP contribution in [0.5, 0.6) is 0 Å². The summed E-state index contributed by atoms with van der Waals surface area (Å²) in [5, 5.41) is 4.13. The molecule has 0 fully saturated rings. The van der Waals surface area contributed by atoms with Gasteiger partial charge in [0.15, 0.2) is 6.04 Å². The third kappa shape index (κ3) is 3.17. The number of nitrogens with one attached hydrogen (secondary N) is 1. The normalized spacial score (nSPS) is 11.9. The Labute approximate surface area is 128 Å². The van der Waals surface area contributed by atoms with Crippen LogP contribution in [0.3, 0.4) is 0 Å². The van der Waals surface area contributed by atoms with Crippen molar-refractivity contribution in [1.29, 1.82) is 0 Å². The number of esters is 1. The van der Waals surface area contributed by atoms with E-state index in [0.717, 1.165) is 10.8 Å². The van der Waals surface area contributed by atoms with E-state index in [-0.39, 0.29) is 12.5 Å². The van der Waals surface area contributed by atoms with E-state index in [2.05, 4.69) is 10.1 Å². The number of carbonyl (C=O) groups is 2. The van der Waals surface area contributed by atoms with Crippen LogP contribution in [-0.4, -0.2) is 38.7 Å². The molecular formula is C16H18N2O4. The van der Waals surface area contributed by atoms with Crippen LogP contribution in [0.15, 0.2) is 36.4 Å². The molecule has 22 heavy (non-hydrogen) atoms. The smallest absolute Gasteiger partial charge is 0.330 e. The number of nitrogen functional groups attached to an aromatic ring is 1. The highest BCUT2D eigenvalue weighted by Gasteiger charge is 2.23. The molecule has 6 heteroatoms. The van der Waals surface area contributed by atoms with E-state index in [4.69, 9.17) is 10.5 Å². The van der Waals surface area contributed by atoms with E-state index in [9.17, 15) is 9.59 Å². The van der Waals surface area contributed by atoms with E-state index in [1.165, 1.54) is 14.2 Å². The molecule has 0 heterocycles. The molecule has 1 atom stereocenters. The Morgan fingerprint density at radius 3 is 2.45 bits per heavy atom. The number of amides is 1. The third-order valence-electron chi connectivity index (χ3n) is 3.33. The number of rotatable bonds is 5. The van der Waals surface area contributed by atoms with Crippen LogP contribution < -0.4 is 11.1 Å². The Hall–Kier alpha value is -2.60. The zero-order valence-electron chi connectivity index (χ0n) is 12.5. The zero-order valence-corrected chi connectivity index (χ0v) is 12.5. The van der Waals surface area contributed by atoms with Gasteiger partial charge in [-0.25, -0.2) is 4.79 Å². The highest BCUT2D eigenvalue weighted by Crippen LogP contribution is 2.24. The molecule has 0 saturated carbocycles. The first-order chi connectivity index (χ1) is 10.6. The minimum Gasteiger partial charge on any atom is -0.467 e. The van der Waals surface area contributed by atoms with Crippen molar-refractivity contribution in [2.45, 2.75) is 6.04 Å². The van der Waals surface area contributed by atoms with Crippen LogP contribution in [0, 0.1) is 0 Å². The van der Waals surface area contributed by atoms with Crippen molar-refractivity contribution in [2.24, 2.45) is 0 Å². The first kappa shape index (κ1) is 15.8. The number of carbonyl (C=O) groups excluding carboxylic acids is 2. The van der Waals surface area contributed by atoms with Gasteiger partial charge in [-0.15, -0.1) is 0 Å². The maximum absolute atomic E-state index is 12.5. The van der Waals surface area contributed by atoms with Gasteiger partial charge in [0, 0.05) is 23.7 Å². The summed E-state index contributed by atoms with van der Waals surface area (Å²) in [7, 11) is 2.70. The molecule has 3 N–H and O–H groups in total. The number of fused-ring (bicyclic) bond motifs is 1. The standard InChI is InChI=1S/C16H18N2O4/c1-21-9-14(16(20)22-2)18-15(19)12-7-8-13(17)11-6-4-3-5-10(11)12/h3-8,14H,9,17H2,1-2H3,(H,18,19). The quantitative estimate of drug-likeness (QED) is 0.642. The molecule has 0 aliphatic heterocycles. The maximum Gasteiger partial charge on any atom is 0.330 e. The molecule has 0 aliphatic rings. The Kier molecular flexibility index (Phi) is 4.95. The molecule has 1 unspecified atom stereocenters. The van der Waals surface area contributed by atoms with Crippen molar-refractivity contribution in [3.8, 4) is 0 Å². The van der Waals surface area contributed by atoms with Crippen molar-refractivity contribution in [1.82, 2.24) is 5.32 Å². The molecule has 0 saturated heterocycles. The average Bonchev–Trinajstić information content (AvgIpc) is 2.54. The lowest BCUT2D eigenvalue weighted by Gasteiger charge is -2.16. The van der Waals surface area contributed by atoms with E-state index in [0.29, 0.717) is 11.3 Å². The number of ether oxygens (including phenoxy) is 2. The monoisotopic (exact) mass is 302 g/mol. The summed E-state index contributed by atoms with van der Waals surface area (Å²) in [6, 6.07) is 9.76. The summed E-state index contributed by atoms with van der Waals surface area (Å²) in [6.45, 7) is 0.0331. The van der Waals surface area contributed by atoms with Crippen molar-refractivity contribution in [3.63, 3.8) is 0 Å². The van der Waals surface area contributed by atoms with Crippen molar-refractivity contribution in [2.75, 3.05) is 26.6 Å². The first-order valence-corrected chi connectivity index (χ1v) is 6.73. The molecule has 6 nitrogen and oxygen atoms in total. The molecule has 2 rings (SSSR count). The van der Waals surface area contributed by atoms with Crippen molar-refractivity contribution >= 4 is 28.3 Å². The summed E-state index contributed by atoms with van der Waals surface area (Å²) >= 11 is 0. The Morgan fingerprint density at radius 1 is 1.14 bits per heavy atom. The number of nitrogens with two attached hydrogens (primary N) is 1. The van der Waals surface area contributed by atoms with E-state index < -0.39 is 12.0 Å². The molecule has 0 bridgehead atoms. The van der Waals surface area contributed by atoms with Gasteiger partial charge in [0.2, 0.25) is 0 Å². The molecule has 2 aromatic rings. The van der Waals surface area contributed by atoms with Crippen LogP contribution in [0.2, 0.25) is 0 Å². The lowest BCUT2D eigenvalue weighted by atomic mass is 10.0. The minimum absolute atomic E-state index is 0.0331. The second-order valence-corrected chi connectivity index (χ2v) is 4.75. The molecule has 2 aromatic carbocycles. The maximum atomic E-state index is 12.5. The van der Waals surface area contributed by atoms with Crippen LogP contribution >= 0.6 is 0 Å². The number of anilines is 1. The first-order valence-electron chi connectivity index (χ1n) is 6.73. The van der Waals surface area contributed by atoms with Crippen LogP contribution in [0.4, 0.5) is 5.69 Å². The van der Waals surface area contributed by atoms with Gasteiger partial charge in [0.25, 0.3) is 5.91 Å². The summed E-state index contributed by atoms with van der Waals surface area (Å²) < 4.78 is 9.59. The molecular weight excluding hydrogens is 284 g/mol. The summed E-state index contributed by atoms with van der Waals surface area (Å²) in [6.07, 6.45) is 0. The number of methoxy groups -OCH3 is 2. The highest BCUT2D eigenvalue weighted by atomic mass is 16.5. The number of hydrogen-bond donors (Lipinski definition) is 2. The third-order valence-corrected chi connectivity index (χ3v) is 3.33. The largest absolute Gasteiger partial charge is 0.467 e. The van der Waals surface area contributed by atoms with Crippen molar-refractivity contribution < 1.29 is 19.1 Å². The van der Waals surface area contributed by atoms with Crippen LogP contribution in [-0.2, 0) is 14.3 Å². The fourth-order valence-electron chi connectivity index (χ4n) is 2.23. The fourth-order valence-corrected chi connectivity index (χ4v) is 2.23. The second-order valence-electron chi connectivity index (χ2n) is 4.75.